The van der Waals surface area contributed by atoms with Crippen LogP contribution in [0.25, 0.3) is 0 Å². The summed E-state index contributed by atoms with van der Waals surface area (Å²) in [6.07, 6.45) is 0. The van der Waals surface area contributed by atoms with Gasteiger partial charge in [0.05, 0.1) is 12.0 Å². The van der Waals surface area contributed by atoms with Gasteiger partial charge in [0.2, 0.25) is 0 Å². The topological polar surface area (TPSA) is 70.2 Å². The molecule has 1 heterocycles. The number of carbonyl (C=O) groups is 1. The van der Waals surface area contributed by atoms with E-state index in [1.54, 1.807) is 17.0 Å². The number of hydrogen-bond donors (Lipinski definition) is 0. The van der Waals surface area contributed by atoms with E-state index in [0.29, 0.717) is 18.7 Å². The van der Waals surface area contributed by atoms with Gasteiger partial charge in [-0.2, -0.15) is 0 Å². The van der Waals surface area contributed by atoms with Gasteiger partial charge in [0, 0.05) is 44.5 Å². The van der Waals surface area contributed by atoms with Crippen molar-refractivity contribution < 1.29 is 18.0 Å². The highest BCUT2D eigenvalue weighted by molar-refractivity contribution is 7.89. The zero-order valence-electron chi connectivity index (χ0n) is 17.3. The Morgan fingerprint density at radius 1 is 1.03 bits per heavy atom. The Morgan fingerprint density at radius 2 is 1.69 bits per heavy atom. The molecule has 2 aromatic rings. The van der Waals surface area contributed by atoms with E-state index in [1.807, 2.05) is 0 Å². The highest BCUT2D eigenvalue weighted by atomic mass is 32.2. The number of piperazine rings is 1. The average molecular weight is 418 g/mol. The van der Waals surface area contributed by atoms with Gasteiger partial charge in [-0.25, -0.2) is 8.42 Å². The maximum atomic E-state index is 13.0. The second-order valence-electron chi connectivity index (χ2n) is 7.12. The van der Waals surface area contributed by atoms with Gasteiger partial charge >= 0.3 is 0 Å². The first-order valence-corrected chi connectivity index (χ1v) is 10.9. The van der Waals surface area contributed by atoms with Gasteiger partial charge in [-0.1, -0.05) is 22.7 Å². The number of hydroxylamine groups is 1. The second-order valence-corrected chi connectivity index (χ2v) is 9.06. The molecule has 0 N–H and O–H groups in total. The normalized spacial score (nSPS) is 15.1. The summed E-state index contributed by atoms with van der Waals surface area (Å²) in [6, 6.07) is 12.4. The third kappa shape index (κ3) is 4.29. The van der Waals surface area contributed by atoms with Gasteiger partial charge in [0.25, 0.3) is 15.9 Å². The lowest BCUT2D eigenvalue weighted by Gasteiger charge is -2.37. The summed E-state index contributed by atoms with van der Waals surface area (Å²) < 4.78 is 25.7. The molecule has 156 valence electrons. The van der Waals surface area contributed by atoms with Crippen LogP contribution in [-0.2, 0) is 14.9 Å². The summed E-state index contributed by atoms with van der Waals surface area (Å²) >= 11 is 0. The van der Waals surface area contributed by atoms with Gasteiger partial charge in [-0.05, 0) is 49.2 Å². The van der Waals surface area contributed by atoms with Crippen LogP contribution in [0.3, 0.4) is 0 Å². The van der Waals surface area contributed by atoms with Crippen LogP contribution in [0.5, 0.6) is 0 Å². The molecule has 3 rings (SSSR count). The predicted octanol–water partition coefficient (Wildman–Crippen LogP) is 2.45. The van der Waals surface area contributed by atoms with Gasteiger partial charge in [0.15, 0.2) is 0 Å². The van der Waals surface area contributed by atoms with E-state index in [0.717, 1.165) is 17.6 Å². The molecule has 1 saturated heterocycles. The minimum atomic E-state index is -3.80. The van der Waals surface area contributed by atoms with Crippen molar-refractivity contribution in [3.63, 3.8) is 0 Å². The number of hydrogen-bond acceptors (Lipinski definition) is 5. The molecule has 29 heavy (non-hydrogen) atoms. The van der Waals surface area contributed by atoms with Gasteiger partial charge < -0.3 is 9.80 Å². The van der Waals surface area contributed by atoms with E-state index < -0.39 is 10.0 Å². The van der Waals surface area contributed by atoms with Crippen molar-refractivity contribution in [2.45, 2.75) is 18.7 Å². The van der Waals surface area contributed by atoms with Gasteiger partial charge in [0.1, 0.15) is 0 Å². The van der Waals surface area contributed by atoms with E-state index in [4.69, 9.17) is 4.84 Å². The molecule has 0 atom stereocenters. The number of aryl methyl sites for hydroxylation is 1. The van der Waals surface area contributed by atoms with Crippen LogP contribution in [0.1, 0.15) is 21.5 Å². The largest absolute Gasteiger partial charge is 0.368 e. The number of benzene rings is 2. The number of nitrogens with zero attached hydrogens (tertiary/aromatic N) is 3. The van der Waals surface area contributed by atoms with E-state index >= 15 is 0 Å². The molecule has 0 aromatic heterocycles. The smallest absolute Gasteiger partial charge is 0.264 e. The Kier molecular flexibility index (Phi) is 6.26. The maximum absolute atomic E-state index is 13.0. The van der Waals surface area contributed by atoms with E-state index in [-0.39, 0.29) is 10.8 Å². The van der Waals surface area contributed by atoms with E-state index in [2.05, 4.69) is 36.9 Å². The van der Waals surface area contributed by atoms with Crippen molar-refractivity contribution in [1.82, 2.24) is 9.37 Å². The Morgan fingerprint density at radius 3 is 2.34 bits per heavy atom. The number of anilines is 1. The number of carbonyl (C=O) groups excluding carboxylic acids is 1. The van der Waals surface area contributed by atoms with Crippen molar-refractivity contribution in [2.24, 2.45) is 0 Å². The van der Waals surface area contributed by atoms with E-state index in [1.165, 1.54) is 43.1 Å². The van der Waals surface area contributed by atoms with Crippen molar-refractivity contribution in [3.05, 3.63) is 59.2 Å². The summed E-state index contributed by atoms with van der Waals surface area (Å²) in [5.41, 5.74) is 4.07. The van der Waals surface area contributed by atoms with Crippen LogP contribution in [0.2, 0.25) is 0 Å². The maximum Gasteiger partial charge on any atom is 0.264 e. The van der Waals surface area contributed by atoms with Crippen molar-refractivity contribution >= 4 is 21.6 Å². The summed E-state index contributed by atoms with van der Waals surface area (Å²) in [7, 11) is -1.20. The molecule has 0 aliphatic carbocycles. The molecule has 1 aliphatic rings. The second kappa shape index (κ2) is 8.52. The molecular weight excluding hydrogens is 390 g/mol. The summed E-state index contributed by atoms with van der Waals surface area (Å²) in [4.78, 5) is 21.8. The lowest BCUT2D eigenvalue weighted by Crippen LogP contribution is -2.49. The predicted molar refractivity (Wildman–Crippen MR) is 112 cm³/mol. The first kappa shape index (κ1) is 21.3. The zero-order chi connectivity index (χ0) is 21.2. The monoisotopic (exact) mass is 417 g/mol. The highest BCUT2D eigenvalue weighted by Crippen LogP contribution is 2.24. The minimum Gasteiger partial charge on any atom is -0.368 e. The summed E-state index contributed by atoms with van der Waals surface area (Å²) in [6.45, 7) is 6.86. The zero-order valence-corrected chi connectivity index (χ0v) is 18.1. The van der Waals surface area contributed by atoms with Gasteiger partial charge in [-0.3, -0.25) is 9.63 Å². The molecule has 2 aromatic carbocycles. The molecule has 0 radical (unpaired) electrons. The summed E-state index contributed by atoms with van der Waals surface area (Å²) in [5, 5.41) is 0. The van der Waals surface area contributed by atoms with Crippen LogP contribution in [0.15, 0.2) is 47.4 Å². The van der Waals surface area contributed by atoms with Crippen molar-refractivity contribution in [3.8, 4) is 0 Å². The highest BCUT2D eigenvalue weighted by Gasteiger charge is 2.26. The molecule has 0 saturated carbocycles. The fourth-order valence-corrected chi connectivity index (χ4v) is 4.47. The van der Waals surface area contributed by atoms with Crippen molar-refractivity contribution in [2.75, 3.05) is 45.2 Å². The van der Waals surface area contributed by atoms with Gasteiger partial charge in [-0.15, -0.1) is 0 Å². The third-order valence-corrected chi connectivity index (χ3v) is 7.13. The molecule has 0 spiro atoms. The molecule has 1 aliphatic heterocycles. The first-order chi connectivity index (χ1) is 13.8. The van der Waals surface area contributed by atoms with Crippen LogP contribution >= 0.6 is 0 Å². The Balaban J connectivity index is 1.73. The average Bonchev–Trinajstić information content (AvgIpc) is 2.74. The molecule has 0 unspecified atom stereocenters. The standard InChI is InChI=1S/C21H27N3O4S/c1-16-7-5-10-20(17(16)2)23-11-13-24(14-12-23)21(25)18-8-6-9-19(15-18)29(26,27)22(3)28-4/h5-10,15H,11-14H2,1-4H3. The Labute approximate surface area is 172 Å². The fraction of sp³-hybridized carbons (Fsp3) is 0.381. The number of amides is 1. The minimum absolute atomic E-state index is 0.0294. The molecular formula is C21H27N3O4S. The number of sulfonamides is 1. The molecule has 7 nitrogen and oxygen atoms in total. The number of rotatable bonds is 5. The lowest BCUT2D eigenvalue weighted by molar-refractivity contribution is -0.0258. The molecule has 0 bridgehead atoms. The Hall–Kier alpha value is -2.42. The third-order valence-electron chi connectivity index (χ3n) is 5.46. The van der Waals surface area contributed by atoms with Crippen LogP contribution < -0.4 is 4.90 Å². The van der Waals surface area contributed by atoms with E-state index in [9.17, 15) is 13.2 Å². The molecule has 8 heteroatoms. The van der Waals surface area contributed by atoms with Crippen molar-refractivity contribution in [1.29, 1.82) is 0 Å². The lowest BCUT2D eigenvalue weighted by atomic mass is 10.1. The van der Waals surface area contributed by atoms with Crippen LogP contribution in [-0.4, -0.2) is 64.0 Å². The molecule has 1 fully saturated rings. The fourth-order valence-electron chi connectivity index (χ4n) is 3.45. The Bertz CT molecular complexity index is 999. The molecule has 1 amide bonds. The first-order valence-electron chi connectivity index (χ1n) is 9.49. The quantitative estimate of drug-likeness (QED) is 0.699. The SMILES string of the molecule is CON(C)S(=O)(=O)c1cccc(C(=O)N2CCN(c3cccc(C)c3C)CC2)c1. The van der Waals surface area contributed by atoms with Crippen LogP contribution in [0.4, 0.5) is 5.69 Å². The summed E-state index contributed by atoms with van der Waals surface area (Å²) in [5.74, 6) is -0.164. The van der Waals surface area contributed by atoms with Crippen LogP contribution in [0, 0.1) is 13.8 Å².